The van der Waals surface area contributed by atoms with Gasteiger partial charge in [-0.15, -0.1) is 0 Å². The highest BCUT2D eigenvalue weighted by Gasteiger charge is 2.51. The van der Waals surface area contributed by atoms with Gasteiger partial charge in [-0.25, -0.2) is 4.79 Å². The van der Waals surface area contributed by atoms with Crippen molar-refractivity contribution < 1.29 is 33.4 Å². The second kappa shape index (κ2) is 17.8. The largest absolute Gasteiger partial charge is 0.460 e. The molecule has 0 spiro atoms. The van der Waals surface area contributed by atoms with E-state index >= 15 is 0 Å². The first-order valence-corrected chi connectivity index (χ1v) is 21.2. The van der Waals surface area contributed by atoms with E-state index in [-0.39, 0.29) is 30.9 Å². The molecule has 0 saturated carbocycles. The van der Waals surface area contributed by atoms with Gasteiger partial charge in [0.1, 0.15) is 18.2 Å². The molecule has 0 radical (unpaired) electrons. The molecule has 0 aromatic heterocycles. The molecule has 0 unspecified atom stereocenters. The molecular weight excluding hydrogens is 723 g/mol. The number of benzene rings is 4. The second-order valence-corrected chi connectivity index (χ2v) is 20.5. The lowest BCUT2D eigenvalue weighted by Crippen LogP contribution is -2.68. The number of anilines is 1. The highest BCUT2D eigenvalue weighted by atomic mass is 28.4. The first kappa shape index (κ1) is 42.0. The van der Waals surface area contributed by atoms with E-state index in [4.69, 9.17) is 9.16 Å². The van der Waals surface area contributed by atoms with E-state index in [1.807, 2.05) is 107 Å². The molecule has 56 heavy (non-hydrogen) atoms. The number of aliphatic hydroxyl groups is 1. The van der Waals surface area contributed by atoms with E-state index < -0.39 is 55.9 Å². The van der Waals surface area contributed by atoms with Gasteiger partial charge >= 0.3 is 5.97 Å². The molecule has 5 rings (SSSR count). The first-order valence-electron chi connectivity index (χ1n) is 19.3. The summed E-state index contributed by atoms with van der Waals surface area (Å²) < 4.78 is 13.2. The molecule has 296 valence electrons. The molecule has 4 aromatic carbocycles. The Morgan fingerprint density at radius 1 is 0.804 bits per heavy atom. The van der Waals surface area contributed by atoms with E-state index in [1.54, 1.807) is 24.3 Å². The summed E-state index contributed by atoms with van der Waals surface area (Å²) in [6, 6.07) is 30.1. The summed E-state index contributed by atoms with van der Waals surface area (Å²) in [7, 11) is -3.15. The van der Waals surface area contributed by atoms with Crippen molar-refractivity contribution in [2.75, 3.05) is 18.5 Å². The number of nitrogens with zero attached hydrogens (tertiary/aromatic N) is 1. The normalized spacial score (nSPS) is 14.1. The van der Waals surface area contributed by atoms with Crippen molar-refractivity contribution in [2.24, 2.45) is 11.8 Å². The number of ether oxygens (including phenoxy) is 1. The van der Waals surface area contributed by atoms with Crippen LogP contribution in [0.3, 0.4) is 0 Å². The third kappa shape index (κ3) is 8.96. The zero-order chi connectivity index (χ0) is 40.8. The van der Waals surface area contributed by atoms with Gasteiger partial charge in [0.2, 0.25) is 11.8 Å². The fourth-order valence-corrected chi connectivity index (χ4v) is 12.4. The van der Waals surface area contributed by atoms with E-state index in [9.17, 15) is 24.3 Å². The molecule has 2 atom stereocenters. The van der Waals surface area contributed by atoms with Crippen LogP contribution in [0.5, 0.6) is 0 Å². The van der Waals surface area contributed by atoms with Crippen LogP contribution in [-0.2, 0) is 30.1 Å². The monoisotopic (exact) mass is 777 g/mol. The molecule has 0 saturated heterocycles. The first-order chi connectivity index (χ1) is 26.6. The number of nitrogens with one attached hydrogen (secondary N) is 2. The third-order valence-corrected chi connectivity index (χ3v) is 15.4. The number of hydrogen-bond acceptors (Lipinski definition) is 7. The molecular formula is C45H55N3O7Si. The summed E-state index contributed by atoms with van der Waals surface area (Å²) >= 11 is 0. The van der Waals surface area contributed by atoms with Crippen LogP contribution in [-0.4, -0.2) is 73.4 Å². The number of carbonyl (C=O) groups is 4. The zero-order valence-electron chi connectivity index (χ0n) is 33.7. The maximum atomic E-state index is 14.3. The summed E-state index contributed by atoms with van der Waals surface area (Å²) in [6.45, 7) is 14.9. The van der Waals surface area contributed by atoms with Gasteiger partial charge in [0.25, 0.3) is 14.2 Å². The molecule has 11 heteroatoms. The Morgan fingerprint density at radius 3 is 1.86 bits per heavy atom. The Morgan fingerprint density at radius 2 is 1.36 bits per heavy atom. The minimum Gasteiger partial charge on any atom is -0.460 e. The smallest absolute Gasteiger partial charge is 0.331 e. The van der Waals surface area contributed by atoms with Crippen LogP contribution >= 0.6 is 0 Å². The third-order valence-electron chi connectivity index (χ3n) is 10.4. The molecule has 1 aliphatic rings. The van der Waals surface area contributed by atoms with E-state index in [0.717, 1.165) is 21.5 Å². The van der Waals surface area contributed by atoms with Gasteiger partial charge in [-0.3, -0.25) is 14.4 Å². The van der Waals surface area contributed by atoms with E-state index in [2.05, 4.69) is 31.4 Å². The van der Waals surface area contributed by atoms with Crippen LogP contribution < -0.4 is 21.0 Å². The lowest BCUT2D eigenvalue weighted by atomic mass is 9.96. The van der Waals surface area contributed by atoms with Crippen LogP contribution in [0.2, 0.25) is 5.04 Å². The van der Waals surface area contributed by atoms with Crippen molar-refractivity contribution in [1.29, 1.82) is 0 Å². The minimum atomic E-state index is -3.15. The molecule has 1 heterocycles. The van der Waals surface area contributed by atoms with Crippen LogP contribution in [0.4, 0.5) is 5.69 Å². The Kier molecular flexibility index (Phi) is 13.4. The fourth-order valence-electron chi connectivity index (χ4n) is 7.80. The fraction of sp³-hybridized carbons (Fsp3) is 0.378. The number of fused-ring (bicyclic) bond motifs is 1. The molecule has 0 fully saturated rings. The Balaban J connectivity index is 1.47. The maximum Gasteiger partial charge on any atom is 0.331 e. The van der Waals surface area contributed by atoms with Crippen LogP contribution in [0.1, 0.15) is 71.3 Å². The molecule has 1 aliphatic heterocycles. The van der Waals surface area contributed by atoms with E-state index in [1.165, 1.54) is 11.8 Å². The van der Waals surface area contributed by atoms with Gasteiger partial charge in [0.15, 0.2) is 0 Å². The van der Waals surface area contributed by atoms with Crippen LogP contribution in [0.15, 0.2) is 103 Å². The van der Waals surface area contributed by atoms with Crippen LogP contribution in [0, 0.1) is 11.8 Å². The minimum absolute atomic E-state index is 0.00890. The Labute approximate surface area is 331 Å². The predicted molar refractivity (Wildman–Crippen MR) is 222 cm³/mol. The summed E-state index contributed by atoms with van der Waals surface area (Å²) in [4.78, 5) is 55.4. The lowest BCUT2D eigenvalue weighted by Gasteiger charge is -2.43. The van der Waals surface area contributed by atoms with Crippen LogP contribution in [0.25, 0.3) is 11.1 Å². The molecule has 3 N–H and O–H groups in total. The lowest BCUT2D eigenvalue weighted by molar-refractivity contribution is -0.159. The van der Waals surface area contributed by atoms with Crippen molar-refractivity contribution >= 4 is 48.1 Å². The standard InChI is InChI=1S/C45H55N3O7Si/c1-29(2)41(30(3)4)55-44(53)39(28-54-56(45(6,7)8,34-16-11-9-12-17-34)35-18-13-10-14-19-35)47-42(51)40(27-49)48-26-38-36(20-15-21-37(38)43(48)52)32-22-24-33(25-23-32)46-31(5)50/h9-25,29-30,39-41,49H,26-28H2,1-8H3,(H,46,50)(H,47,51)/t39-,40-/m0/s1. The van der Waals surface area contributed by atoms with Crippen molar-refractivity contribution in [3.8, 4) is 11.1 Å². The van der Waals surface area contributed by atoms with Gasteiger partial charge in [0.05, 0.1) is 13.2 Å². The zero-order valence-corrected chi connectivity index (χ0v) is 34.7. The average molecular weight is 778 g/mol. The SMILES string of the molecule is CC(=O)Nc1ccc(-c2cccc3c2CN([C@@H](CO)C(=O)N[C@@H](CO[Si](c2ccccc2)(c2ccccc2)C(C)(C)C)C(=O)OC(C(C)C)C(C)C)C3=O)cc1. The van der Waals surface area contributed by atoms with Crippen molar-refractivity contribution in [3.05, 3.63) is 114 Å². The molecule has 10 nitrogen and oxygen atoms in total. The van der Waals surface area contributed by atoms with Gasteiger partial charge < -0.3 is 29.8 Å². The number of rotatable bonds is 15. The molecule has 4 aromatic rings. The van der Waals surface area contributed by atoms with Gasteiger partial charge in [-0.05, 0) is 62.1 Å². The number of amides is 3. The summed E-state index contributed by atoms with van der Waals surface area (Å²) in [6.07, 6.45) is -0.427. The number of hydrogen-bond donors (Lipinski definition) is 3. The summed E-state index contributed by atoms with van der Waals surface area (Å²) in [5.41, 5.74) is 3.38. The van der Waals surface area contributed by atoms with Crippen molar-refractivity contribution in [2.45, 2.75) is 85.2 Å². The highest BCUT2D eigenvalue weighted by Crippen LogP contribution is 2.37. The van der Waals surface area contributed by atoms with Gasteiger partial charge in [0, 0.05) is 24.7 Å². The van der Waals surface area contributed by atoms with Crippen molar-refractivity contribution in [1.82, 2.24) is 10.2 Å². The molecule has 3 amide bonds. The number of aliphatic hydroxyl groups excluding tert-OH is 1. The molecule has 0 aliphatic carbocycles. The number of esters is 1. The quantitative estimate of drug-likeness (QED) is 0.101. The second-order valence-electron chi connectivity index (χ2n) is 16.1. The van der Waals surface area contributed by atoms with E-state index in [0.29, 0.717) is 16.8 Å². The maximum absolute atomic E-state index is 14.3. The Bertz CT molecular complexity index is 1950. The average Bonchev–Trinajstić information content (AvgIpc) is 3.49. The predicted octanol–water partition coefficient (Wildman–Crippen LogP) is 5.91. The highest BCUT2D eigenvalue weighted by molar-refractivity contribution is 6.99. The van der Waals surface area contributed by atoms with Crippen molar-refractivity contribution in [3.63, 3.8) is 0 Å². The Hall–Kier alpha value is -5.10. The van der Waals surface area contributed by atoms with Gasteiger partial charge in [-0.1, -0.05) is 133 Å². The summed E-state index contributed by atoms with van der Waals surface area (Å²) in [5, 5.41) is 18.0. The topological polar surface area (TPSA) is 134 Å². The summed E-state index contributed by atoms with van der Waals surface area (Å²) in [5.74, 6) is -1.93. The molecule has 0 bridgehead atoms. The number of carbonyl (C=O) groups excluding carboxylic acids is 4. The van der Waals surface area contributed by atoms with Gasteiger partial charge in [-0.2, -0.15) is 0 Å².